The maximum atomic E-state index is 10.4. The molecule has 0 aliphatic heterocycles. The molecule has 0 unspecified atom stereocenters. The smallest absolute Gasteiger partial charge is 0.178 e. The second-order valence-corrected chi connectivity index (χ2v) is 7.28. The van der Waals surface area contributed by atoms with Gasteiger partial charge in [0.2, 0.25) is 0 Å². The van der Waals surface area contributed by atoms with E-state index in [1.165, 1.54) is 11.3 Å². The third kappa shape index (κ3) is 4.85. The van der Waals surface area contributed by atoms with E-state index in [1.807, 2.05) is 71.4 Å². The molecule has 2 aromatic carbocycles. The highest BCUT2D eigenvalue weighted by Gasteiger charge is 2.02. The van der Waals surface area contributed by atoms with E-state index >= 15 is 0 Å². The Balaban J connectivity index is 0.000000151. The molecule has 0 aliphatic carbocycles. The molecule has 0 saturated carbocycles. The van der Waals surface area contributed by atoms with Crippen LogP contribution in [0.5, 0.6) is 0 Å². The van der Waals surface area contributed by atoms with Gasteiger partial charge in [-0.2, -0.15) is 0 Å². The minimum absolute atomic E-state index is 0.498. The summed E-state index contributed by atoms with van der Waals surface area (Å²) in [7, 11) is 0. The van der Waals surface area contributed by atoms with Gasteiger partial charge in [0.05, 0.1) is 17.3 Å². The van der Waals surface area contributed by atoms with Gasteiger partial charge in [-0.05, 0) is 0 Å². The van der Waals surface area contributed by atoms with E-state index in [0.717, 1.165) is 33.8 Å². The molecule has 0 radical (unpaired) electrons. The zero-order valence-corrected chi connectivity index (χ0v) is 16.1. The van der Waals surface area contributed by atoms with Gasteiger partial charge < -0.3 is 0 Å². The lowest BCUT2D eigenvalue weighted by Gasteiger charge is -1.93. The van der Waals surface area contributed by atoms with E-state index < -0.39 is 0 Å². The minimum atomic E-state index is 0.498. The summed E-state index contributed by atoms with van der Waals surface area (Å²) in [5.74, 6) is 0.498. The molecule has 2 heterocycles. The van der Waals surface area contributed by atoms with Crippen molar-refractivity contribution in [1.29, 1.82) is 0 Å². The van der Waals surface area contributed by atoms with Crippen LogP contribution >= 0.6 is 34.3 Å². The number of benzene rings is 2. The van der Waals surface area contributed by atoms with Gasteiger partial charge in [0.25, 0.3) is 0 Å². The van der Waals surface area contributed by atoms with Gasteiger partial charge in [0.15, 0.2) is 11.3 Å². The maximum Gasteiger partial charge on any atom is 0.178 e. The highest BCUT2D eigenvalue weighted by molar-refractivity contribution is 7.11. The fraction of sp³-hybridized carbons (Fsp3) is 0.0500. The summed E-state index contributed by atoms with van der Waals surface area (Å²) in [6.07, 6.45) is 0.775. The van der Waals surface area contributed by atoms with Crippen molar-refractivity contribution in [2.75, 3.05) is 0 Å². The largest absolute Gasteiger partial charge is 0.295 e. The van der Waals surface area contributed by atoms with Crippen LogP contribution in [-0.4, -0.2) is 16.3 Å². The van der Waals surface area contributed by atoms with E-state index in [9.17, 15) is 4.79 Å². The standard InChI is InChI=1S/C10H8ClNS.C10H7NOS/c11-6-10-12-9(7-13-10)8-4-2-1-3-5-8;12-6-10-11-9(7-13-10)8-4-2-1-3-5-8/h1-5,7H,6H2;1-7H. The number of rotatable bonds is 4. The Morgan fingerprint density at radius 1 is 0.808 bits per heavy atom. The molecule has 2 aromatic heterocycles. The third-order valence-electron chi connectivity index (χ3n) is 3.43. The highest BCUT2D eigenvalue weighted by Crippen LogP contribution is 2.22. The molecule has 0 amide bonds. The van der Waals surface area contributed by atoms with Crippen LogP contribution in [0.2, 0.25) is 0 Å². The normalized spacial score (nSPS) is 10.0. The van der Waals surface area contributed by atoms with Crippen LogP contribution in [0.3, 0.4) is 0 Å². The molecule has 4 rings (SSSR count). The first-order valence-electron chi connectivity index (χ1n) is 7.82. The second kappa shape index (κ2) is 9.38. The molecule has 26 heavy (non-hydrogen) atoms. The van der Waals surface area contributed by atoms with Crippen LogP contribution in [0.25, 0.3) is 22.5 Å². The molecule has 0 saturated heterocycles. The lowest BCUT2D eigenvalue weighted by atomic mass is 10.2. The molecule has 0 fully saturated rings. The van der Waals surface area contributed by atoms with Crippen LogP contribution in [-0.2, 0) is 5.88 Å². The Morgan fingerprint density at radius 3 is 1.81 bits per heavy atom. The van der Waals surface area contributed by atoms with Gasteiger partial charge >= 0.3 is 0 Å². The molecule has 0 spiro atoms. The van der Waals surface area contributed by atoms with Crippen molar-refractivity contribution >= 4 is 40.6 Å². The summed E-state index contributed by atoms with van der Waals surface area (Å²) in [5.41, 5.74) is 4.08. The maximum absolute atomic E-state index is 10.4. The Hall–Kier alpha value is -2.34. The van der Waals surface area contributed by atoms with Crippen LogP contribution in [0.4, 0.5) is 0 Å². The van der Waals surface area contributed by atoms with Gasteiger partial charge in [-0.15, -0.1) is 34.3 Å². The number of alkyl halides is 1. The zero-order valence-electron chi connectivity index (χ0n) is 13.7. The number of carbonyl (C=O) groups excluding carboxylic acids is 1. The average Bonchev–Trinajstić information content (AvgIpc) is 3.39. The van der Waals surface area contributed by atoms with E-state index in [4.69, 9.17) is 11.6 Å². The van der Waals surface area contributed by atoms with Crippen LogP contribution in [0.15, 0.2) is 71.4 Å². The first kappa shape index (κ1) is 18.5. The van der Waals surface area contributed by atoms with Crippen LogP contribution < -0.4 is 0 Å². The first-order chi connectivity index (χ1) is 12.8. The van der Waals surface area contributed by atoms with E-state index in [2.05, 4.69) is 9.97 Å². The number of aldehydes is 1. The van der Waals surface area contributed by atoms with Crippen molar-refractivity contribution in [3.63, 3.8) is 0 Å². The summed E-state index contributed by atoms with van der Waals surface area (Å²) in [6, 6.07) is 19.9. The summed E-state index contributed by atoms with van der Waals surface area (Å²) in [5, 5.41) is 5.42. The number of aromatic nitrogens is 2. The van der Waals surface area contributed by atoms with Crippen molar-refractivity contribution < 1.29 is 4.79 Å². The number of hydrogen-bond acceptors (Lipinski definition) is 5. The Bertz CT molecular complexity index is 952. The molecule has 0 atom stereocenters. The van der Waals surface area contributed by atoms with Gasteiger partial charge in [-0.1, -0.05) is 60.7 Å². The van der Waals surface area contributed by atoms with Gasteiger partial charge in [0, 0.05) is 21.9 Å². The predicted octanol–water partition coefficient (Wildman–Crippen LogP) is 6.17. The molecule has 0 N–H and O–H groups in total. The van der Waals surface area contributed by atoms with Crippen molar-refractivity contribution in [3.05, 3.63) is 81.4 Å². The van der Waals surface area contributed by atoms with E-state index in [0.29, 0.717) is 10.9 Å². The Kier molecular flexibility index (Phi) is 6.66. The first-order valence-corrected chi connectivity index (χ1v) is 10.1. The predicted molar refractivity (Wildman–Crippen MR) is 110 cm³/mol. The SMILES string of the molecule is ClCc1nc(-c2ccccc2)cs1.O=Cc1nc(-c2ccccc2)cs1. The van der Waals surface area contributed by atoms with E-state index in [1.54, 1.807) is 11.3 Å². The van der Waals surface area contributed by atoms with Gasteiger partial charge in [-0.25, -0.2) is 9.97 Å². The number of nitrogens with zero attached hydrogens (tertiary/aromatic N) is 2. The molecular weight excluding hydrogens is 384 g/mol. The molecular formula is C20H15ClN2OS2. The lowest BCUT2D eigenvalue weighted by Crippen LogP contribution is -1.78. The minimum Gasteiger partial charge on any atom is -0.295 e. The monoisotopic (exact) mass is 398 g/mol. The summed E-state index contributed by atoms with van der Waals surface area (Å²) in [6.45, 7) is 0. The summed E-state index contributed by atoms with van der Waals surface area (Å²) in [4.78, 5) is 18.9. The highest BCUT2D eigenvalue weighted by atomic mass is 35.5. The van der Waals surface area contributed by atoms with Gasteiger partial charge in [-0.3, -0.25) is 4.79 Å². The fourth-order valence-electron chi connectivity index (χ4n) is 2.20. The van der Waals surface area contributed by atoms with Crippen LogP contribution in [0, 0.1) is 0 Å². The topological polar surface area (TPSA) is 42.9 Å². The Labute approximate surface area is 165 Å². The molecule has 0 aliphatic rings. The molecule has 6 heteroatoms. The quantitative estimate of drug-likeness (QED) is 0.305. The van der Waals surface area contributed by atoms with Crippen molar-refractivity contribution in [2.24, 2.45) is 0 Å². The van der Waals surface area contributed by atoms with E-state index in [-0.39, 0.29) is 0 Å². The average molecular weight is 399 g/mol. The lowest BCUT2D eigenvalue weighted by molar-refractivity contribution is 0.112. The molecule has 3 nitrogen and oxygen atoms in total. The summed E-state index contributed by atoms with van der Waals surface area (Å²) >= 11 is 8.64. The fourth-order valence-corrected chi connectivity index (χ4v) is 3.72. The van der Waals surface area contributed by atoms with Gasteiger partial charge in [0.1, 0.15) is 5.01 Å². The number of halogens is 1. The number of carbonyl (C=O) groups is 1. The Morgan fingerprint density at radius 2 is 1.35 bits per heavy atom. The van der Waals surface area contributed by atoms with Crippen LogP contribution in [0.1, 0.15) is 14.8 Å². The molecule has 130 valence electrons. The third-order valence-corrected chi connectivity index (χ3v) is 5.46. The molecule has 4 aromatic rings. The zero-order chi connectivity index (χ0) is 18.2. The summed E-state index contributed by atoms with van der Waals surface area (Å²) < 4.78 is 0. The second-order valence-electron chi connectivity index (χ2n) is 5.18. The number of hydrogen-bond donors (Lipinski definition) is 0. The molecule has 0 bridgehead atoms. The van der Waals surface area contributed by atoms with Crippen molar-refractivity contribution in [3.8, 4) is 22.5 Å². The van der Waals surface area contributed by atoms with Crippen molar-refractivity contribution in [1.82, 2.24) is 9.97 Å². The number of thiazole rings is 2. The van der Waals surface area contributed by atoms with Crippen molar-refractivity contribution in [2.45, 2.75) is 5.88 Å².